The summed E-state index contributed by atoms with van der Waals surface area (Å²) in [6.45, 7) is 8.93. The highest BCUT2D eigenvalue weighted by Gasteiger charge is 2.60. The zero-order valence-corrected chi connectivity index (χ0v) is 16.7. The monoisotopic (exact) mass is 372 g/mol. The molecule has 0 saturated carbocycles. The van der Waals surface area contributed by atoms with Gasteiger partial charge in [-0.2, -0.15) is 0 Å². The molecule has 0 bridgehead atoms. The van der Waals surface area contributed by atoms with Gasteiger partial charge in [-0.3, -0.25) is 0 Å². The molecule has 5 atom stereocenters. The molecule has 3 aliphatic rings. The van der Waals surface area contributed by atoms with E-state index in [1.807, 2.05) is 0 Å². The Balaban J connectivity index is 1.64. The molecule has 6 nitrogen and oxygen atoms in total. The molecule has 3 aliphatic heterocycles. The second-order valence-corrected chi connectivity index (χ2v) is 7.95. The van der Waals surface area contributed by atoms with E-state index in [0.717, 1.165) is 51.4 Å². The van der Waals surface area contributed by atoms with Gasteiger partial charge in [-0.1, -0.05) is 53.4 Å². The van der Waals surface area contributed by atoms with Gasteiger partial charge in [0.15, 0.2) is 17.9 Å². The fourth-order valence-corrected chi connectivity index (χ4v) is 4.69. The van der Waals surface area contributed by atoms with Gasteiger partial charge in [-0.25, -0.2) is 0 Å². The van der Waals surface area contributed by atoms with Crippen LogP contribution in [0.3, 0.4) is 0 Å². The summed E-state index contributed by atoms with van der Waals surface area (Å²) in [7, 11) is 0. The highest BCUT2D eigenvalue weighted by atomic mass is 16.8. The lowest BCUT2D eigenvalue weighted by Crippen LogP contribution is -2.44. The Hall–Kier alpha value is -0.240. The van der Waals surface area contributed by atoms with E-state index in [9.17, 15) is 5.11 Å². The Labute approximate surface area is 157 Å². The summed E-state index contributed by atoms with van der Waals surface area (Å²) in [6.07, 6.45) is 4.78. The Morgan fingerprint density at radius 2 is 1.35 bits per heavy atom. The van der Waals surface area contributed by atoms with Gasteiger partial charge < -0.3 is 28.8 Å². The molecule has 0 aromatic heterocycles. The highest BCUT2D eigenvalue weighted by Crippen LogP contribution is 2.45. The van der Waals surface area contributed by atoms with Crippen molar-refractivity contribution >= 4 is 0 Å². The van der Waals surface area contributed by atoms with Gasteiger partial charge >= 0.3 is 0 Å². The lowest BCUT2D eigenvalue weighted by atomic mass is 10.0. The average molecular weight is 373 g/mol. The van der Waals surface area contributed by atoms with Gasteiger partial charge in [0.05, 0.1) is 6.61 Å². The molecule has 152 valence electrons. The number of fused-ring (bicyclic) bond motifs is 1. The minimum atomic E-state index is -0.761. The lowest BCUT2D eigenvalue weighted by molar-refractivity contribution is -0.254. The Kier molecular flexibility index (Phi) is 6.63. The summed E-state index contributed by atoms with van der Waals surface area (Å²) in [5.41, 5.74) is 0. The Morgan fingerprint density at radius 1 is 0.769 bits per heavy atom. The second kappa shape index (κ2) is 8.41. The number of hydrogen-bond donors (Lipinski definition) is 1. The topological polar surface area (TPSA) is 66.4 Å². The first-order valence-electron chi connectivity index (χ1n) is 10.5. The van der Waals surface area contributed by atoms with E-state index < -0.39 is 36.2 Å². The first-order valence-corrected chi connectivity index (χ1v) is 10.5. The summed E-state index contributed by atoms with van der Waals surface area (Å²) in [4.78, 5) is 0. The largest absolute Gasteiger partial charge is 0.387 e. The van der Waals surface area contributed by atoms with Crippen molar-refractivity contribution in [3.05, 3.63) is 0 Å². The Morgan fingerprint density at radius 3 is 1.88 bits per heavy atom. The molecule has 0 spiro atoms. The third-order valence-corrected chi connectivity index (χ3v) is 5.68. The van der Waals surface area contributed by atoms with Gasteiger partial charge in [0, 0.05) is 25.7 Å². The standard InChI is InChI=1S/C20H36O6/c1-5-9-19(10-6-2)22-13-14(24-19)16-15(21)17-18(23-16)26-20(25-17,11-7-3)12-8-4/h14-18,21H,5-13H2,1-4H3/t14-,15+,16-,17-,18-/m1/s1. The number of ether oxygens (including phenoxy) is 5. The fourth-order valence-electron chi connectivity index (χ4n) is 4.69. The van der Waals surface area contributed by atoms with Crippen LogP contribution in [0.25, 0.3) is 0 Å². The van der Waals surface area contributed by atoms with Crippen LogP contribution >= 0.6 is 0 Å². The average Bonchev–Trinajstić information content (AvgIpc) is 3.23. The van der Waals surface area contributed by atoms with Crippen molar-refractivity contribution in [2.45, 2.75) is 121 Å². The van der Waals surface area contributed by atoms with Crippen LogP contribution in [-0.2, 0) is 23.7 Å². The first kappa shape index (κ1) is 20.5. The third-order valence-electron chi connectivity index (χ3n) is 5.68. The van der Waals surface area contributed by atoms with E-state index in [0.29, 0.717) is 6.61 Å². The first-order chi connectivity index (χ1) is 12.5. The van der Waals surface area contributed by atoms with E-state index >= 15 is 0 Å². The van der Waals surface area contributed by atoms with Crippen LogP contribution in [-0.4, -0.2) is 54.0 Å². The second-order valence-electron chi connectivity index (χ2n) is 7.95. The minimum absolute atomic E-state index is 0.285. The van der Waals surface area contributed by atoms with E-state index in [1.54, 1.807) is 0 Å². The van der Waals surface area contributed by atoms with Gasteiger partial charge in [0.25, 0.3) is 0 Å². The normalized spacial score (nSPS) is 38.0. The summed E-state index contributed by atoms with van der Waals surface area (Å²) < 4.78 is 30.8. The van der Waals surface area contributed by atoms with Crippen LogP contribution < -0.4 is 0 Å². The minimum Gasteiger partial charge on any atom is -0.387 e. The summed E-state index contributed by atoms with van der Waals surface area (Å²) in [5.74, 6) is -1.16. The van der Waals surface area contributed by atoms with Crippen molar-refractivity contribution in [3.63, 3.8) is 0 Å². The van der Waals surface area contributed by atoms with Crippen LogP contribution in [0.2, 0.25) is 0 Å². The highest BCUT2D eigenvalue weighted by molar-refractivity contribution is 4.99. The summed E-state index contributed by atoms with van der Waals surface area (Å²) in [6, 6.07) is 0. The molecule has 26 heavy (non-hydrogen) atoms. The zero-order chi connectivity index (χ0) is 18.8. The van der Waals surface area contributed by atoms with Crippen molar-refractivity contribution in [1.82, 2.24) is 0 Å². The Bertz CT molecular complexity index is 444. The number of aliphatic hydroxyl groups excluding tert-OH is 1. The quantitative estimate of drug-likeness (QED) is 0.668. The predicted octanol–water partition coefficient (Wildman–Crippen LogP) is 3.50. The number of rotatable bonds is 9. The molecule has 0 radical (unpaired) electrons. The van der Waals surface area contributed by atoms with E-state index in [1.165, 1.54) is 0 Å². The van der Waals surface area contributed by atoms with Crippen LogP contribution in [0.5, 0.6) is 0 Å². The van der Waals surface area contributed by atoms with E-state index in [-0.39, 0.29) is 6.10 Å². The molecular weight excluding hydrogens is 336 g/mol. The van der Waals surface area contributed by atoms with Crippen LogP contribution in [0.4, 0.5) is 0 Å². The SMILES string of the molecule is CCCC1(CCC)O[C@H]2O[C@H]([C@H]3COC(CCC)(CCC)O3)[C@H](O)[C@H]2O1. The molecule has 0 aliphatic carbocycles. The summed E-state index contributed by atoms with van der Waals surface area (Å²) >= 11 is 0. The van der Waals surface area contributed by atoms with Crippen molar-refractivity contribution in [1.29, 1.82) is 0 Å². The van der Waals surface area contributed by atoms with Crippen LogP contribution in [0.1, 0.15) is 79.1 Å². The molecule has 0 unspecified atom stereocenters. The smallest absolute Gasteiger partial charge is 0.190 e. The van der Waals surface area contributed by atoms with Gasteiger partial charge in [-0.15, -0.1) is 0 Å². The van der Waals surface area contributed by atoms with E-state index in [2.05, 4.69) is 27.7 Å². The van der Waals surface area contributed by atoms with Gasteiger partial charge in [0.2, 0.25) is 0 Å². The predicted molar refractivity (Wildman–Crippen MR) is 96.5 cm³/mol. The maximum Gasteiger partial charge on any atom is 0.190 e. The molecular formula is C20H36O6. The van der Waals surface area contributed by atoms with Gasteiger partial charge in [0.1, 0.15) is 24.4 Å². The van der Waals surface area contributed by atoms with Crippen molar-refractivity contribution in [3.8, 4) is 0 Å². The molecule has 0 aromatic carbocycles. The molecule has 3 heterocycles. The molecule has 0 aromatic rings. The number of aliphatic hydroxyl groups is 1. The third kappa shape index (κ3) is 3.82. The van der Waals surface area contributed by atoms with E-state index in [4.69, 9.17) is 23.7 Å². The van der Waals surface area contributed by atoms with Crippen LogP contribution in [0.15, 0.2) is 0 Å². The number of hydrogen-bond acceptors (Lipinski definition) is 6. The molecule has 0 amide bonds. The lowest BCUT2D eigenvalue weighted by Gasteiger charge is -2.32. The molecule has 3 saturated heterocycles. The van der Waals surface area contributed by atoms with Gasteiger partial charge in [-0.05, 0) is 0 Å². The molecule has 1 N–H and O–H groups in total. The molecule has 6 heteroatoms. The van der Waals surface area contributed by atoms with Crippen molar-refractivity contribution < 1.29 is 28.8 Å². The van der Waals surface area contributed by atoms with Crippen LogP contribution in [0, 0.1) is 0 Å². The van der Waals surface area contributed by atoms with Crippen molar-refractivity contribution in [2.24, 2.45) is 0 Å². The zero-order valence-electron chi connectivity index (χ0n) is 16.7. The maximum atomic E-state index is 10.9. The molecule has 3 fully saturated rings. The van der Waals surface area contributed by atoms with Crippen molar-refractivity contribution in [2.75, 3.05) is 6.61 Å². The maximum absolute atomic E-state index is 10.9. The fraction of sp³-hybridized carbons (Fsp3) is 1.00. The molecule has 3 rings (SSSR count). The summed E-state index contributed by atoms with van der Waals surface area (Å²) in [5, 5.41) is 10.9.